The Morgan fingerprint density at radius 2 is 1.77 bits per heavy atom. The van der Waals surface area contributed by atoms with Gasteiger partial charge in [-0.15, -0.1) is 0 Å². The summed E-state index contributed by atoms with van der Waals surface area (Å²) >= 11 is 0. The molecule has 2 unspecified atom stereocenters. The second-order valence-corrected chi connectivity index (χ2v) is 18.3. The van der Waals surface area contributed by atoms with Crippen LogP contribution in [0.3, 0.4) is 0 Å². The smallest absolute Gasteiger partial charge is 0.303 e. The maximum Gasteiger partial charge on any atom is 0.303 e. The van der Waals surface area contributed by atoms with Crippen LogP contribution in [0.25, 0.3) is 22.2 Å². The molecule has 254 valence electrons. The van der Waals surface area contributed by atoms with Crippen molar-refractivity contribution in [3.05, 3.63) is 53.1 Å². The Morgan fingerprint density at radius 1 is 1.02 bits per heavy atom. The van der Waals surface area contributed by atoms with E-state index in [1.807, 2.05) is 25.2 Å². The Bertz CT molecular complexity index is 1970. The first-order chi connectivity index (χ1) is 22.3. The molecule has 1 amide bonds. The van der Waals surface area contributed by atoms with Gasteiger partial charge in [-0.2, -0.15) is 17.0 Å². The summed E-state index contributed by atoms with van der Waals surface area (Å²) in [5.41, 5.74) is 5.16. The topological polar surface area (TPSA) is 121 Å². The number of hydrogen-bond acceptors (Lipinski definition) is 7. The van der Waals surface area contributed by atoms with Crippen molar-refractivity contribution in [1.82, 2.24) is 22.8 Å². The highest BCUT2D eigenvalue weighted by Gasteiger charge is 2.67. The number of nitrogens with zero attached hydrogens (tertiary/aromatic N) is 4. The van der Waals surface area contributed by atoms with Crippen molar-refractivity contribution in [3.63, 3.8) is 0 Å². The molecule has 2 saturated carbocycles. The van der Waals surface area contributed by atoms with E-state index >= 15 is 0 Å². The third kappa shape index (κ3) is 5.20. The number of amides is 1. The predicted molar refractivity (Wildman–Crippen MR) is 182 cm³/mol. The number of fused-ring (bicyclic) bond motifs is 7. The summed E-state index contributed by atoms with van der Waals surface area (Å²) < 4.78 is 66.4. The third-order valence-electron chi connectivity index (χ3n) is 11.2. The van der Waals surface area contributed by atoms with Crippen LogP contribution in [-0.2, 0) is 26.8 Å². The number of benzene rings is 2. The molecule has 47 heavy (non-hydrogen) atoms. The Balaban J connectivity index is 1.45. The highest BCUT2D eigenvalue weighted by atomic mass is 32.2. The number of piperazine rings is 1. The number of nitrogens with one attached hydrogen (secondary N) is 1. The maximum absolute atomic E-state index is 14.9. The van der Waals surface area contributed by atoms with E-state index in [2.05, 4.69) is 27.2 Å². The summed E-state index contributed by atoms with van der Waals surface area (Å²) in [6.07, 6.45) is 6.00. The zero-order chi connectivity index (χ0) is 33.5. The average molecular weight is 684 g/mol. The molecule has 0 bridgehead atoms. The lowest BCUT2D eigenvalue weighted by Crippen LogP contribution is -2.55. The molecule has 2 aromatic carbocycles. The number of rotatable bonds is 7. The van der Waals surface area contributed by atoms with Gasteiger partial charge >= 0.3 is 10.2 Å². The highest BCUT2D eigenvalue weighted by molar-refractivity contribution is 7.91. The fourth-order valence-corrected chi connectivity index (χ4v) is 11.1. The van der Waals surface area contributed by atoms with Crippen LogP contribution in [0, 0.1) is 0 Å². The van der Waals surface area contributed by atoms with Crippen LogP contribution >= 0.6 is 0 Å². The Kier molecular flexibility index (Phi) is 8.02. The van der Waals surface area contributed by atoms with Crippen molar-refractivity contribution in [2.24, 2.45) is 0 Å². The van der Waals surface area contributed by atoms with E-state index in [1.165, 1.54) is 26.1 Å². The lowest BCUT2D eigenvalue weighted by atomic mass is 9.81. The lowest BCUT2D eigenvalue weighted by molar-refractivity contribution is 0.0979. The predicted octanol–water partition coefficient (Wildman–Crippen LogP) is 4.11. The molecular formula is C34H45N5O6S2. The summed E-state index contributed by atoms with van der Waals surface area (Å²) in [4.78, 5) is 15.5. The van der Waals surface area contributed by atoms with Crippen LogP contribution < -0.4 is 9.46 Å². The first-order valence-electron chi connectivity index (χ1n) is 16.6. The summed E-state index contributed by atoms with van der Waals surface area (Å²) in [7, 11) is -1.37. The van der Waals surface area contributed by atoms with Crippen LogP contribution in [0.15, 0.2) is 36.4 Å². The molecule has 2 aliphatic carbocycles. The molecule has 7 rings (SSSR count). The van der Waals surface area contributed by atoms with Gasteiger partial charge in [-0.05, 0) is 80.6 Å². The van der Waals surface area contributed by atoms with Crippen molar-refractivity contribution in [1.29, 1.82) is 0 Å². The van der Waals surface area contributed by atoms with Gasteiger partial charge in [0, 0.05) is 74.3 Å². The molecule has 0 spiro atoms. The number of aromatic nitrogens is 1. The molecular weight excluding hydrogens is 639 g/mol. The molecule has 1 saturated heterocycles. The SMILES string of the molecule is COc1ccc2c(c1)C1CC1(S(=O)(=O)N1CCN(C)[C@H](C)C1)Cn1c-2c(C2CCCCC2)c2ccc(C(=O)NS(=O)(=O)N(C)C)cc21. The van der Waals surface area contributed by atoms with Crippen molar-refractivity contribution in [2.75, 3.05) is 47.9 Å². The highest BCUT2D eigenvalue weighted by Crippen LogP contribution is 2.64. The number of hydrogen-bond donors (Lipinski definition) is 1. The number of carbonyl (C=O) groups is 1. The Labute approximate surface area is 278 Å². The normalized spacial score (nSPS) is 25.6. The number of sulfonamides is 1. The monoisotopic (exact) mass is 683 g/mol. The van der Waals surface area contributed by atoms with Crippen LogP contribution in [0.4, 0.5) is 0 Å². The molecule has 3 atom stereocenters. The summed E-state index contributed by atoms with van der Waals surface area (Å²) in [5.74, 6) is 0.0392. The zero-order valence-electron chi connectivity index (χ0n) is 27.8. The van der Waals surface area contributed by atoms with E-state index in [-0.39, 0.29) is 30.0 Å². The second-order valence-electron chi connectivity index (χ2n) is 14.1. The molecule has 2 aliphatic heterocycles. The van der Waals surface area contributed by atoms with Crippen molar-refractivity contribution in [3.8, 4) is 17.0 Å². The first kappa shape index (κ1) is 32.6. The molecule has 3 fully saturated rings. The van der Waals surface area contributed by atoms with E-state index in [0.717, 1.165) is 57.7 Å². The standard InChI is InChI=1S/C34H45N5O6S2/c1-22-20-38(16-15-37(22)4)46(41,42)34-19-29(34)28-18-25(45-5)12-14-26(28)32-31(23-9-7-6-8-10-23)27-13-11-24(17-30(27)39(32)21-34)33(40)35-47(43,44)36(2)3/h11-14,17-18,22-23,29H,6-10,15-16,19-21H2,1-5H3,(H,35,40)/t22-,29?,34?/m1/s1. The van der Waals surface area contributed by atoms with Crippen LogP contribution in [-0.4, -0.2) is 99.5 Å². The van der Waals surface area contributed by atoms with Gasteiger partial charge in [-0.1, -0.05) is 25.3 Å². The van der Waals surface area contributed by atoms with Crippen molar-refractivity contribution >= 4 is 37.0 Å². The van der Waals surface area contributed by atoms with E-state index in [9.17, 15) is 21.6 Å². The summed E-state index contributed by atoms with van der Waals surface area (Å²) in [6, 6.07) is 11.5. The molecule has 0 radical (unpaired) electrons. The maximum atomic E-state index is 14.9. The van der Waals surface area contributed by atoms with E-state index in [1.54, 1.807) is 23.5 Å². The van der Waals surface area contributed by atoms with Gasteiger partial charge in [0.05, 0.1) is 12.8 Å². The van der Waals surface area contributed by atoms with Gasteiger partial charge in [0.1, 0.15) is 10.5 Å². The van der Waals surface area contributed by atoms with Gasteiger partial charge in [-0.3, -0.25) is 4.79 Å². The molecule has 3 aromatic rings. The quantitative estimate of drug-likeness (QED) is 0.398. The zero-order valence-corrected chi connectivity index (χ0v) is 29.5. The Hall–Kier alpha value is -2.97. The number of methoxy groups -OCH3 is 1. The van der Waals surface area contributed by atoms with Crippen LogP contribution in [0.1, 0.15) is 78.8 Å². The van der Waals surface area contributed by atoms with Crippen LogP contribution in [0.5, 0.6) is 5.75 Å². The Morgan fingerprint density at radius 3 is 2.45 bits per heavy atom. The lowest BCUT2D eigenvalue weighted by Gasteiger charge is -2.39. The van der Waals surface area contributed by atoms with Gasteiger partial charge in [0.2, 0.25) is 10.0 Å². The fraction of sp³-hybridized carbons (Fsp3) is 0.559. The van der Waals surface area contributed by atoms with E-state index in [4.69, 9.17) is 4.74 Å². The van der Waals surface area contributed by atoms with E-state index in [0.29, 0.717) is 31.8 Å². The van der Waals surface area contributed by atoms with Gasteiger partial charge in [0.25, 0.3) is 5.91 Å². The minimum absolute atomic E-state index is 0.102. The summed E-state index contributed by atoms with van der Waals surface area (Å²) in [6.45, 7) is 3.87. The largest absolute Gasteiger partial charge is 0.497 e. The molecule has 11 nitrogen and oxygen atoms in total. The molecule has 13 heteroatoms. The number of likely N-dealkylation sites (N-methyl/N-ethyl adjacent to an activating group) is 1. The molecule has 1 aromatic heterocycles. The van der Waals surface area contributed by atoms with E-state index < -0.39 is 30.9 Å². The minimum Gasteiger partial charge on any atom is -0.497 e. The van der Waals surface area contributed by atoms with Gasteiger partial charge in [0.15, 0.2) is 0 Å². The number of carbonyl (C=O) groups excluding carboxylic acids is 1. The van der Waals surface area contributed by atoms with Crippen molar-refractivity contribution < 1.29 is 26.4 Å². The first-order valence-corrected chi connectivity index (χ1v) is 19.5. The fourth-order valence-electron chi connectivity index (χ4n) is 8.20. The van der Waals surface area contributed by atoms with Crippen LogP contribution in [0.2, 0.25) is 0 Å². The molecule has 1 N–H and O–H groups in total. The van der Waals surface area contributed by atoms with Crippen molar-refractivity contribution in [2.45, 2.75) is 74.6 Å². The third-order valence-corrected chi connectivity index (χ3v) is 15.2. The molecule has 4 aliphatic rings. The summed E-state index contributed by atoms with van der Waals surface area (Å²) in [5, 5.41) is 0.987. The number of ether oxygens (including phenoxy) is 1. The van der Waals surface area contributed by atoms with Gasteiger partial charge in [-0.25, -0.2) is 13.1 Å². The second kappa shape index (κ2) is 11.6. The van der Waals surface area contributed by atoms with Gasteiger partial charge < -0.3 is 14.2 Å². The minimum atomic E-state index is -4.01. The average Bonchev–Trinajstić information content (AvgIpc) is 3.73. The molecule has 3 heterocycles.